The number of phenols is 2. The van der Waals surface area contributed by atoms with Crippen molar-refractivity contribution in [1.82, 2.24) is 0 Å². The van der Waals surface area contributed by atoms with Crippen molar-refractivity contribution >= 4 is 43.1 Å². The maximum Gasteiger partial charge on any atom is 0.131 e. The molecule has 0 aromatic heterocycles. The Labute approximate surface area is 249 Å². The first-order valence-electron chi connectivity index (χ1n) is 15.9. The number of hydrogen-bond acceptors (Lipinski definition) is 2. The number of aryl methyl sites for hydroxylation is 4. The van der Waals surface area contributed by atoms with Crippen molar-refractivity contribution in [2.45, 2.75) is 79.1 Å². The van der Waals surface area contributed by atoms with Crippen molar-refractivity contribution in [1.29, 1.82) is 0 Å². The zero-order valence-corrected chi connectivity index (χ0v) is 25.5. The first-order valence-corrected chi connectivity index (χ1v) is 15.9. The average Bonchev–Trinajstić information content (AvgIpc) is 2.99. The van der Waals surface area contributed by atoms with Gasteiger partial charge < -0.3 is 10.2 Å². The molecule has 214 valence electrons. The molecule has 0 heterocycles. The molecule has 42 heavy (non-hydrogen) atoms. The molecule has 2 heteroatoms. The van der Waals surface area contributed by atoms with E-state index in [1.807, 2.05) is 0 Å². The summed E-state index contributed by atoms with van der Waals surface area (Å²) in [6.45, 7) is 8.81. The van der Waals surface area contributed by atoms with Crippen LogP contribution < -0.4 is 0 Å². The van der Waals surface area contributed by atoms with E-state index >= 15 is 0 Å². The van der Waals surface area contributed by atoms with Crippen molar-refractivity contribution in [3.63, 3.8) is 0 Å². The molecule has 2 N–H and O–H groups in total. The van der Waals surface area contributed by atoms with Gasteiger partial charge >= 0.3 is 0 Å². The Hall–Kier alpha value is -4.04. The average molecular weight is 555 g/mol. The molecule has 0 aliphatic rings. The summed E-state index contributed by atoms with van der Waals surface area (Å²) in [5.74, 6) is 0.711. The highest BCUT2D eigenvalue weighted by Crippen LogP contribution is 2.50. The Balaban J connectivity index is 1.85. The highest BCUT2D eigenvalue weighted by molar-refractivity contribution is 6.26. The number of phenolic OH excluding ortho intramolecular Hbond substituents is 2. The van der Waals surface area contributed by atoms with Gasteiger partial charge in [-0.15, -0.1) is 0 Å². The summed E-state index contributed by atoms with van der Waals surface area (Å²) in [7, 11) is 0. The van der Waals surface area contributed by atoms with Crippen LogP contribution in [0.25, 0.3) is 54.2 Å². The maximum atomic E-state index is 11.7. The van der Waals surface area contributed by atoms with Crippen LogP contribution in [0, 0.1) is 0 Å². The van der Waals surface area contributed by atoms with Crippen LogP contribution in [0.4, 0.5) is 0 Å². The summed E-state index contributed by atoms with van der Waals surface area (Å²) in [6, 6.07) is 26.4. The molecule has 0 amide bonds. The van der Waals surface area contributed by atoms with Gasteiger partial charge in [0.15, 0.2) is 0 Å². The molecule has 0 spiro atoms. The predicted molar refractivity (Wildman–Crippen MR) is 181 cm³/mol. The molecule has 0 aliphatic heterocycles. The molecule has 6 aromatic carbocycles. The Morgan fingerprint density at radius 3 is 0.952 bits per heavy atom. The van der Waals surface area contributed by atoms with Crippen molar-refractivity contribution in [3.05, 3.63) is 95.1 Å². The lowest BCUT2D eigenvalue weighted by Gasteiger charge is -2.21. The van der Waals surface area contributed by atoms with Gasteiger partial charge in [0, 0.05) is 21.5 Å². The van der Waals surface area contributed by atoms with Crippen LogP contribution in [0.5, 0.6) is 11.5 Å². The standard InChI is InChI=1S/C40H42O2/c1-5-9-25-15-19-31-33(21-25)37(29-17-13-27(11-7-3)23-35(29)39(31)41)38-30-18-14-28(12-8-4)24-36(30)40(42)32-20-16-26(10-6-2)22-34(32)38/h13-24,41-42H,5-12H2,1-4H3. The highest BCUT2D eigenvalue weighted by Gasteiger charge is 2.22. The second-order valence-electron chi connectivity index (χ2n) is 12.0. The molecule has 6 rings (SSSR count). The number of fused-ring (bicyclic) bond motifs is 4. The minimum Gasteiger partial charge on any atom is -0.507 e. The summed E-state index contributed by atoms with van der Waals surface area (Å²) in [6.07, 6.45) is 8.16. The molecule has 2 nitrogen and oxygen atoms in total. The third kappa shape index (κ3) is 4.77. The van der Waals surface area contributed by atoms with Gasteiger partial charge in [-0.2, -0.15) is 0 Å². The van der Waals surface area contributed by atoms with Crippen LogP contribution in [-0.2, 0) is 25.7 Å². The Kier molecular flexibility index (Phi) is 7.82. The monoisotopic (exact) mass is 554 g/mol. The van der Waals surface area contributed by atoms with E-state index in [9.17, 15) is 10.2 Å². The smallest absolute Gasteiger partial charge is 0.131 e. The topological polar surface area (TPSA) is 40.5 Å². The molecule has 0 fully saturated rings. The lowest BCUT2D eigenvalue weighted by Crippen LogP contribution is -1.95. The van der Waals surface area contributed by atoms with Gasteiger partial charge in [0.1, 0.15) is 11.5 Å². The number of rotatable bonds is 9. The summed E-state index contributed by atoms with van der Waals surface area (Å²) >= 11 is 0. The molecule has 0 saturated carbocycles. The van der Waals surface area contributed by atoms with Gasteiger partial charge in [0.05, 0.1) is 0 Å². The fourth-order valence-corrected chi connectivity index (χ4v) is 6.92. The van der Waals surface area contributed by atoms with E-state index < -0.39 is 0 Å². The SMILES string of the molecule is CCCc1ccc2c(-c3c4ccc(CCC)cc4c(O)c4ccc(CCC)cc34)c3cc(CCC)ccc3c(O)c2c1. The fraction of sp³-hybridized carbons (Fsp3) is 0.300. The Bertz CT molecular complexity index is 1800. The molecule has 0 saturated heterocycles. The van der Waals surface area contributed by atoms with Gasteiger partial charge in [-0.1, -0.05) is 114 Å². The lowest BCUT2D eigenvalue weighted by molar-refractivity contribution is 0.487. The first kappa shape index (κ1) is 28.1. The van der Waals surface area contributed by atoms with E-state index in [1.54, 1.807) is 0 Å². The fourth-order valence-electron chi connectivity index (χ4n) is 6.92. The quantitative estimate of drug-likeness (QED) is 0.175. The molecular formula is C40H42O2. The van der Waals surface area contributed by atoms with Crippen LogP contribution >= 0.6 is 0 Å². The second kappa shape index (κ2) is 11.7. The van der Waals surface area contributed by atoms with Crippen molar-refractivity contribution < 1.29 is 10.2 Å². The minimum absolute atomic E-state index is 0.356. The van der Waals surface area contributed by atoms with Crippen molar-refractivity contribution in [2.24, 2.45) is 0 Å². The third-order valence-electron chi connectivity index (χ3n) is 8.84. The van der Waals surface area contributed by atoms with Crippen LogP contribution in [0.15, 0.2) is 72.8 Å². The van der Waals surface area contributed by atoms with Crippen LogP contribution in [-0.4, -0.2) is 10.2 Å². The van der Waals surface area contributed by atoms with Gasteiger partial charge in [-0.25, -0.2) is 0 Å². The van der Waals surface area contributed by atoms with Gasteiger partial charge in [-0.05, 0) is 92.7 Å². The summed E-state index contributed by atoms with van der Waals surface area (Å²) in [4.78, 5) is 0. The lowest BCUT2D eigenvalue weighted by atomic mass is 9.83. The molecular weight excluding hydrogens is 512 g/mol. The first-order chi connectivity index (χ1) is 20.5. The predicted octanol–water partition coefficient (Wildman–Crippen LogP) is 11.2. The van der Waals surface area contributed by atoms with Crippen molar-refractivity contribution in [2.75, 3.05) is 0 Å². The van der Waals surface area contributed by atoms with Gasteiger partial charge in [0.25, 0.3) is 0 Å². The van der Waals surface area contributed by atoms with E-state index in [0.29, 0.717) is 11.5 Å². The molecule has 0 bridgehead atoms. The van der Waals surface area contributed by atoms with E-state index in [0.717, 1.165) is 106 Å². The van der Waals surface area contributed by atoms with Crippen LogP contribution in [0.1, 0.15) is 75.6 Å². The summed E-state index contributed by atoms with van der Waals surface area (Å²) in [5, 5.41) is 31.3. The zero-order valence-electron chi connectivity index (χ0n) is 25.5. The Morgan fingerprint density at radius 1 is 0.357 bits per heavy atom. The van der Waals surface area contributed by atoms with Gasteiger partial charge in [0.2, 0.25) is 0 Å². The van der Waals surface area contributed by atoms with E-state index in [-0.39, 0.29) is 0 Å². The highest BCUT2D eigenvalue weighted by atomic mass is 16.3. The molecule has 0 unspecified atom stereocenters. The van der Waals surface area contributed by atoms with Crippen LogP contribution in [0.3, 0.4) is 0 Å². The normalized spacial score (nSPS) is 11.8. The van der Waals surface area contributed by atoms with Gasteiger partial charge in [-0.3, -0.25) is 0 Å². The molecule has 0 radical (unpaired) electrons. The summed E-state index contributed by atoms with van der Waals surface area (Å²) < 4.78 is 0. The third-order valence-corrected chi connectivity index (χ3v) is 8.84. The largest absolute Gasteiger partial charge is 0.507 e. The number of hydrogen-bond donors (Lipinski definition) is 2. The number of aromatic hydroxyl groups is 2. The van der Waals surface area contributed by atoms with E-state index in [4.69, 9.17) is 0 Å². The van der Waals surface area contributed by atoms with E-state index in [2.05, 4.69) is 100 Å². The zero-order chi connectivity index (χ0) is 29.4. The second-order valence-corrected chi connectivity index (χ2v) is 12.0. The maximum absolute atomic E-state index is 11.7. The van der Waals surface area contributed by atoms with Crippen LogP contribution in [0.2, 0.25) is 0 Å². The Morgan fingerprint density at radius 2 is 0.643 bits per heavy atom. The molecule has 6 aromatic rings. The molecule has 0 atom stereocenters. The number of benzene rings is 6. The minimum atomic E-state index is 0.356. The van der Waals surface area contributed by atoms with E-state index in [1.165, 1.54) is 22.3 Å². The summed E-state index contributed by atoms with van der Waals surface area (Å²) in [5.41, 5.74) is 7.32. The molecule has 0 aliphatic carbocycles. The van der Waals surface area contributed by atoms with Crippen molar-refractivity contribution in [3.8, 4) is 22.6 Å².